The number of alkyl carbamates (subject to hydrolysis) is 1. The fourth-order valence-electron chi connectivity index (χ4n) is 3.39. The maximum absolute atomic E-state index is 12.5. The van der Waals surface area contributed by atoms with Crippen LogP contribution in [-0.4, -0.2) is 31.8 Å². The maximum atomic E-state index is 12.5. The van der Waals surface area contributed by atoms with E-state index < -0.39 is 12.2 Å². The van der Waals surface area contributed by atoms with Gasteiger partial charge >= 0.3 is 6.09 Å². The number of methoxy groups -OCH3 is 1. The van der Waals surface area contributed by atoms with Crippen LogP contribution in [0, 0.1) is 0 Å². The van der Waals surface area contributed by atoms with E-state index >= 15 is 0 Å². The minimum absolute atomic E-state index is 0.322. The number of hydrogen-bond donors (Lipinski definition) is 3. The fourth-order valence-corrected chi connectivity index (χ4v) is 3.66. The third kappa shape index (κ3) is 9.61. The van der Waals surface area contributed by atoms with Crippen molar-refractivity contribution in [3.05, 3.63) is 75.4 Å². The van der Waals surface area contributed by atoms with E-state index in [0.29, 0.717) is 17.3 Å². The van der Waals surface area contributed by atoms with Crippen molar-refractivity contribution >= 4 is 17.7 Å². The highest BCUT2D eigenvalue weighted by molar-refractivity contribution is 6.30. The molecule has 0 spiro atoms. The summed E-state index contributed by atoms with van der Waals surface area (Å²) in [6.45, 7) is 10.3. The molecule has 1 aromatic heterocycles. The molecular weight excluding hydrogens is 452 g/mol. The summed E-state index contributed by atoms with van der Waals surface area (Å²) >= 11 is 6.11. The molecule has 1 amide bonds. The summed E-state index contributed by atoms with van der Waals surface area (Å²) < 4.78 is 11.0. The predicted octanol–water partition coefficient (Wildman–Crippen LogP) is 6.13. The molecule has 0 radical (unpaired) electrons. The lowest BCUT2D eigenvalue weighted by atomic mass is 10.0. The molecule has 0 aliphatic carbocycles. The smallest absolute Gasteiger partial charge is 0.407 e. The highest BCUT2D eigenvalue weighted by Crippen LogP contribution is 2.23. The highest BCUT2D eigenvalue weighted by atomic mass is 35.5. The number of carbonyl (C=O) groups excluding carboxylic acids is 1. The molecule has 0 bridgehead atoms. The molecule has 3 N–H and O–H groups in total. The molecular formula is C26H39ClN4O3. The first-order valence-corrected chi connectivity index (χ1v) is 12.0. The van der Waals surface area contributed by atoms with Crippen molar-refractivity contribution in [2.75, 3.05) is 20.7 Å². The Kier molecular flexibility index (Phi) is 13.7. The first kappa shape index (κ1) is 29.3. The standard InChI is InChI=1S/C26H39ClN4O3/c1-8-11-18(3)23(33-7)15-14-19(4)24(31-28-6)21(12-9-2)17-30-26(32)34-20(5)22-13-10-16-29-25(22)27/h10-11,13-16,20,28,31H,8-9,12,17H2,1-7H3,(H,30,32)/b18-11+,19-14+,23-15+,24-21+/t20-/m1/s1. The third-order valence-electron chi connectivity index (χ3n) is 5.11. The van der Waals surface area contributed by atoms with Crippen LogP contribution in [0.1, 0.15) is 65.5 Å². The summed E-state index contributed by atoms with van der Waals surface area (Å²) in [6, 6.07) is 3.55. The van der Waals surface area contributed by atoms with Crippen LogP contribution >= 0.6 is 11.6 Å². The van der Waals surface area contributed by atoms with Crippen molar-refractivity contribution in [2.24, 2.45) is 0 Å². The zero-order valence-electron chi connectivity index (χ0n) is 21.4. The van der Waals surface area contributed by atoms with Gasteiger partial charge in [0.05, 0.1) is 12.8 Å². The second-order valence-corrected chi connectivity index (χ2v) is 8.13. The number of ether oxygens (including phenoxy) is 2. The number of halogens is 1. The molecule has 1 atom stereocenters. The molecule has 1 heterocycles. The molecule has 0 aliphatic rings. The van der Waals surface area contributed by atoms with E-state index in [1.807, 2.05) is 33.0 Å². The number of hydrogen-bond acceptors (Lipinski definition) is 6. The van der Waals surface area contributed by atoms with Crippen molar-refractivity contribution in [1.82, 2.24) is 21.2 Å². The molecule has 1 aromatic rings. The van der Waals surface area contributed by atoms with Gasteiger partial charge in [0.2, 0.25) is 0 Å². The van der Waals surface area contributed by atoms with Gasteiger partial charge in [-0.2, -0.15) is 0 Å². The molecule has 34 heavy (non-hydrogen) atoms. The number of carbonyl (C=O) groups is 1. The Morgan fingerprint density at radius 2 is 1.97 bits per heavy atom. The van der Waals surface area contributed by atoms with Crippen molar-refractivity contribution < 1.29 is 14.3 Å². The third-order valence-corrected chi connectivity index (χ3v) is 5.42. The van der Waals surface area contributed by atoms with Crippen LogP contribution in [0.25, 0.3) is 0 Å². The van der Waals surface area contributed by atoms with Gasteiger partial charge in [-0.1, -0.05) is 50.1 Å². The lowest BCUT2D eigenvalue weighted by molar-refractivity contribution is 0.107. The second kappa shape index (κ2) is 16.0. The lowest BCUT2D eigenvalue weighted by Crippen LogP contribution is -2.33. The summed E-state index contributed by atoms with van der Waals surface area (Å²) in [6.07, 6.45) is 9.31. The van der Waals surface area contributed by atoms with Gasteiger partial charge < -0.3 is 20.2 Å². The number of nitrogens with zero attached hydrogens (tertiary/aromatic N) is 1. The molecule has 0 aliphatic heterocycles. The molecule has 0 saturated carbocycles. The number of nitrogens with one attached hydrogen (secondary N) is 3. The Morgan fingerprint density at radius 1 is 1.24 bits per heavy atom. The van der Waals surface area contributed by atoms with E-state index in [2.05, 4.69) is 41.1 Å². The van der Waals surface area contributed by atoms with Crippen LogP contribution in [0.15, 0.2) is 64.7 Å². The Balaban J connectivity index is 3.06. The Morgan fingerprint density at radius 3 is 2.56 bits per heavy atom. The molecule has 8 heteroatoms. The average Bonchev–Trinajstić information content (AvgIpc) is 2.81. The fraction of sp³-hybridized carbons (Fsp3) is 0.462. The largest absolute Gasteiger partial charge is 0.497 e. The average molecular weight is 491 g/mol. The number of rotatable bonds is 13. The van der Waals surface area contributed by atoms with Gasteiger partial charge in [0.15, 0.2) is 0 Å². The van der Waals surface area contributed by atoms with Crippen LogP contribution in [0.2, 0.25) is 5.15 Å². The van der Waals surface area contributed by atoms with Gasteiger partial charge in [-0.15, -0.1) is 0 Å². The number of amides is 1. The first-order chi connectivity index (χ1) is 16.3. The number of allylic oxidation sites excluding steroid dienone is 5. The summed E-state index contributed by atoms with van der Waals surface area (Å²) in [5, 5.41) is 3.19. The number of hydrazine groups is 1. The summed E-state index contributed by atoms with van der Waals surface area (Å²) in [7, 11) is 3.48. The van der Waals surface area contributed by atoms with E-state index in [0.717, 1.165) is 47.4 Å². The van der Waals surface area contributed by atoms with Gasteiger partial charge in [0.25, 0.3) is 0 Å². The molecule has 7 nitrogen and oxygen atoms in total. The molecule has 0 fully saturated rings. The molecule has 0 aromatic carbocycles. The normalized spacial score (nSPS) is 14.3. The van der Waals surface area contributed by atoms with Crippen molar-refractivity contribution in [3.8, 4) is 0 Å². The zero-order chi connectivity index (χ0) is 25.5. The van der Waals surface area contributed by atoms with E-state index in [1.165, 1.54) is 0 Å². The number of pyridine rings is 1. The topological polar surface area (TPSA) is 84.5 Å². The van der Waals surface area contributed by atoms with Gasteiger partial charge in [-0.05, 0) is 62.5 Å². The van der Waals surface area contributed by atoms with Gasteiger partial charge in [0.1, 0.15) is 17.0 Å². The Bertz CT molecular complexity index is 922. The predicted molar refractivity (Wildman–Crippen MR) is 139 cm³/mol. The minimum atomic E-state index is -0.520. The van der Waals surface area contributed by atoms with E-state index in [-0.39, 0.29) is 0 Å². The van der Waals surface area contributed by atoms with Crippen LogP contribution in [0.3, 0.4) is 0 Å². The van der Waals surface area contributed by atoms with E-state index in [1.54, 1.807) is 32.4 Å². The molecule has 188 valence electrons. The van der Waals surface area contributed by atoms with Crippen LogP contribution < -0.4 is 16.2 Å². The van der Waals surface area contributed by atoms with Crippen molar-refractivity contribution in [1.29, 1.82) is 0 Å². The zero-order valence-corrected chi connectivity index (χ0v) is 22.2. The SMILES string of the molecule is CC/C=C(C)/C(=C\C=C(C)\C(NNC)=C(\CCC)CNC(=O)O[C@H](C)c1cccnc1Cl)OC. The summed E-state index contributed by atoms with van der Waals surface area (Å²) in [4.78, 5) is 16.5. The summed E-state index contributed by atoms with van der Waals surface area (Å²) in [5.74, 6) is 0.812. The molecule has 0 unspecified atom stereocenters. The summed E-state index contributed by atoms with van der Waals surface area (Å²) in [5.41, 5.74) is 10.9. The van der Waals surface area contributed by atoms with E-state index in [9.17, 15) is 4.79 Å². The highest BCUT2D eigenvalue weighted by Gasteiger charge is 2.16. The second-order valence-electron chi connectivity index (χ2n) is 7.77. The quantitative estimate of drug-likeness (QED) is 0.133. The van der Waals surface area contributed by atoms with Crippen LogP contribution in [0.5, 0.6) is 0 Å². The Hall–Kier alpha value is -2.77. The lowest BCUT2D eigenvalue weighted by Gasteiger charge is -2.19. The Labute approximate surface area is 209 Å². The van der Waals surface area contributed by atoms with Gasteiger partial charge in [-0.25, -0.2) is 15.2 Å². The maximum Gasteiger partial charge on any atom is 0.407 e. The minimum Gasteiger partial charge on any atom is -0.497 e. The van der Waals surface area contributed by atoms with Gasteiger partial charge in [-0.3, -0.25) is 0 Å². The van der Waals surface area contributed by atoms with Crippen molar-refractivity contribution in [2.45, 2.75) is 60.0 Å². The monoisotopic (exact) mass is 490 g/mol. The number of aromatic nitrogens is 1. The van der Waals surface area contributed by atoms with Crippen LogP contribution in [-0.2, 0) is 9.47 Å². The van der Waals surface area contributed by atoms with Crippen LogP contribution in [0.4, 0.5) is 4.79 Å². The molecule has 1 rings (SSSR count). The molecule has 0 saturated heterocycles. The van der Waals surface area contributed by atoms with Crippen molar-refractivity contribution in [3.63, 3.8) is 0 Å². The first-order valence-electron chi connectivity index (χ1n) is 11.6. The van der Waals surface area contributed by atoms with E-state index in [4.69, 9.17) is 21.1 Å². The van der Waals surface area contributed by atoms with Gasteiger partial charge in [0, 0.05) is 25.4 Å².